The molecule has 10 heteroatoms. The summed E-state index contributed by atoms with van der Waals surface area (Å²) in [5.74, 6) is -2.75. The van der Waals surface area contributed by atoms with Crippen molar-refractivity contribution < 1.29 is 41.7 Å². The third kappa shape index (κ3) is 6.20. The Labute approximate surface area is 178 Å². The van der Waals surface area contributed by atoms with E-state index in [2.05, 4.69) is 13.2 Å². The van der Waals surface area contributed by atoms with Crippen LogP contribution in [-0.4, -0.2) is 68.8 Å². The lowest BCUT2D eigenvalue weighted by molar-refractivity contribution is -0.232. The van der Waals surface area contributed by atoms with Gasteiger partial charge in [-0.2, -0.15) is 0 Å². The third-order valence-corrected chi connectivity index (χ3v) is 6.75. The number of hydrogen-bond donors (Lipinski definition) is 0. The van der Waals surface area contributed by atoms with E-state index in [9.17, 15) is 4.57 Å². The first-order valence-corrected chi connectivity index (χ1v) is 11.8. The van der Waals surface area contributed by atoms with Crippen molar-refractivity contribution in [1.29, 1.82) is 0 Å². The molecule has 0 aromatic rings. The number of fused-ring (bicyclic) bond motifs is 1. The van der Waals surface area contributed by atoms with Crippen molar-refractivity contribution in [3.8, 4) is 0 Å². The lowest BCUT2D eigenvalue weighted by atomic mass is 10.0. The van der Waals surface area contributed by atoms with Crippen molar-refractivity contribution in [2.75, 3.05) is 26.4 Å². The van der Waals surface area contributed by atoms with Gasteiger partial charge in [-0.1, -0.05) is 12.2 Å². The van der Waals surface area contributed by atoms with Crippen LogP contribution in [0.2, 0.25) is 0 Å². The van der Waals surface area contributed by atoms with Gasteiger partial charge in [0.1, 0.15) is 18.3 Å². The van der Waals surface area contributed by atoms with Gasteiger partial charge in [0, 0.05) is 6.42 Å². The van der Waals surface area contributed by atoms with E-state index in [0.717, 1.165) is 0 Å². The van der Waals surface area contributed by atoms with Gasteiger partial charge in [-0.3, -0.25) is 4.57 Å². The lowest BCUT2D eigenvalue weighted by Gasteiger charge is -2.32. The molecule has 0 N–H and O–H groups in total. The molecular weight excluding hydrogens is 418 g/mol. The van der Waals surface area contributed by atoms with E-state index < -0.39 is 50.0 Å². The van der Waals surface area contributed by atoms with Crippen LogP contribution in [0, 0.1) is 0 Å². The van der Waals surface area contributed by atoms with Gasteiger partial charge in [0.15, 0.2) is 12.1 Å². The number of ether oxygens (including phenoxy) is 5. The summed E-state index contributed by atoms with van der Waals surface area (Å²) in [6.07, 6.45) is -0.532. The van der Waals surface area contributed by atoms with Crippen molar-refractivity contribution in [2.24, 2.45) is 0 Å². The van der Waals surface area contributed by atoms with E-state index in [0.29, 0.717) is 0 Å². The lowest BCUT2D eigenvalue weighted by Crippen LogP contribution is -2.44. The Morgan fingerprint density at radius 2 is 1.77 bits per heavy atom. The van der Waals surface area contributed by atoms with Crippen LogP contribution in [0.25, 0.3) is 0 Å². The summed E-state index contributed by atoms with van der Waals surface area (Å²) in [4.78, 5) is 0. The van der Waals surface area contributed by atoms with Crippen LogP contribution < -0.4 is 0 Å². The average molecular weight is 452 g/mol. The molecule has 6 atom stereocenters. The Bertz CT molecular complexity index is 606. The third-order valence-electron chi connectivity index (χ3n) is 4.62. The number of hydrogen-bond acceptors (Lipinski definition) is 8. The second-order valence-electron chi connectivity index (χ2n) is 7.36. The molecule has 0 bridgehead atoms. The van der Waals surface area contributed by atoms with Gasteiger partial charge in [0.2, 0.25) is 5.91 Å². The summed E-state index contributed by atoms with van der Waals surface area (Å²) >= 11 is 0. The molecule has 2 heterocycles. The number of halogens is 1. The van der Waals surface area contributed by atoms with E-state index in [1.165, 1.54) is 6.08 Å². The second-order valence-corrected chi connectivity index (χ2v) is 9.52. The van der Waals surface area contributed by atoms with Crippen LogP contribution in [-0.2, 0) is 37.3 Å². The van der Waals surface area contributed by atoms with Gasteiger partial charge in [0.25, 0.3) is 0 Å². The normalized spacial score (nSPS) is 30.0. The molecule has 0 aliphatic carbocycles. The predicted octanol–water partition coefficient (Wildman–Crippen LogP) is 3.96. The maximum absolute atomic E-state index is 15.2. The van der Waals surface area contributed by atoms with E-state index in [4.69, 9.17) is 32.7 Å². The van der Waals surface area contributed by atoms with Crippen molar-refractivity contribution in [3.05, 3.63) is 25.3 Å². The summed E-state index contributed by atoms with van der Waals surface area (Å²) < 4.78 is 67.7. The van der Waals surface area contributed by atoms with Gasteiger partial charge in [0.05, 0.1) is 32.5 Å². The fraction of sp³-hybridized carbons (Fsp3) is 0.800. The van der Waals surface area contributed by atoms with Gasteiger partial charge in [-0.05, 0) is 27.7 Å². The minimum atomic E-state index is -3.97. The van der Waals surface area contributed by atoms with Crippen molar-refractivity contribution >= 4 is 7.60 Å². The fourth-order valence-corrected chi connectivity index (χ4v) is 5.12. The summed E-state index contributed by atoms with van der Waals surface area (Å²) in [6, 6.07) is 0. The van der Waals surface area contributed by atoms with E-state index in [1.807, 2.05) is 0 Å². The van der Waals surface area contributed by atoms with Crippen LogP contribution in [0.1, 0.15) is 34.1 Å². The molecule has 0 radical (unpaired) electrons. The first-order valence-electron chi connectivity index (χ1n) is 10.2. The van der Waals surface area contributed by atoms with Crippen LogP contribution in [0.5, 0.6) is 0 Å². The molecule has 0 amide bonds. The Hall–Kier alpha value is -0.640. The molecule has 2 aliphatic rings. The molecule has 1 unspecified atom stereocenters. The van der Waals surface area contributed by atoms with Gasteiger partial charge in [-0.15, -0.1) is 13.2 Å². The molecule has 0 saturated carbocycles. The highest BCUT2D eigenvalue weighted by Crippen LogP contribution is 2.55. The highest BCUT2D eigenvalue weighted by atomic mass is 31.2. The monoisotopic (exact) mass is 452 g/mol. The molecule has 30 heavy (non-hydrogen) atoms. The molecule has 174 valence electrons. The Morgan fingerprint density at radius 1 is 1.13 bits per heavy atom. The molecule has 8 nitrogen and oxygen atoms in total. The number of rotatable bonds is 14. The van der Waals surface area contributed by atoms with Crippen molar-refractivity contribution in [3.63, 3.8) is 0 Å². The Morgan fingerprint density at radius 3 is 2.33 bits per heavy atom. The SMILES string of the molecule is C=CCO[C@@H]1[C@H]2OC(C)(C)O[C@H]2O[C@@H]1[C@@H](CC(F)P(=O)(OCC)OCC)OCC=C. The Kier molecular flexibility index (Phi) is 9.64. The van der Waals surface area contributed by atoms with Gasteiger partial charge < -0.3 is 32.7 Å². The topological polar surface area (TPSA) is 81.7 Å². The van der Waals surface area contributed by atoms with Crippen LogP contribution in [0.3, 0.4) is 0 Å². The summed E-state index contributed by atoms with van der Waals surface area (Å²) in [5, 5.41) is 0. The molecule has 0 spiro atoms. The van der Waals surface area contributed by atoms with Crippen molar-refractivity contribution in [1.82, 2.24) is 0 Å². The number of alkyl halides is 1. The zero-order valence-corrected chi connectivity index (χ0v) is 19.1. The van der Waals surface area contributed by atoms with E-state index in [1.54, 1.807) is 33.8 Å². The smallest absolute Gasteiger partial charge is 0.364 e. The molecule has 0 aromatic heterocycles. The predicted molar refractivity (Wildman–Crippen MR) is 109 cm³/mol. The zero-order valence-electron chi connectivity index (χ0n) is 18.2. The highest BCUT2D eigenvalue weighted by Gasteiger charge is 2.58. The molecule has 2 rings (SSSR count). The van der Waals surface area contributed by atoms with Crippen molar-refractivity contribution in [2.45, 2.75) is 76.5 Å². The molecule has 2 saturated heterocycles. The van der Waals surface area contributed by atoms with Crippen LogP contribution in [0.15, 0.2) is 25.3 Å². The van der Waals surface area contributed by atoms with Crippen LogP contribution in [0.4, 0.5) is 4.39 Å². The summed E-state index contributed by atoms with van der Waals surface area (Å²) in [6.45, 7) is 14.6. The van der Waals surface area contributed by atoms with E-state index in [-0.39, 0.29) is 32.8 Å². The maximum atomic E-state index is 15.2. The molecule has 2 aliphatic heterocycles. The first kappa shape index (κ1) is 25.6. The van der Waals surface area contributed by atoms with Crippen LogP contribution >= 0.6 is 7.60 Å². The molecular formula is C20H34FO8P. The summed E-state index contributed by atoms with van der Waals surface area (Å²) in [7, 11) is -3.97. The maximum Gasteiger partial charge on any atom is 0.364 e. The van der Waals surface area contributed by atoms with Gasteiger partial charge in [-0.25, -0.2) is 4.39 Å². The zero-order chi connectivity index (χ0) is 22.4. The first-order chi connectivity index (χ1) is 14.2. The summed E-state index contributed by atoms with van der Waals surface area (Å²) in [5.41, 5.74) is 0. The standard InChI is InChI=1S/C20H34FO8P/c1-7-11-23-14(13-15(21)30(22,25-9-3)26-10-4)16-17(24-12-8-2)18-19(27-16)29-20(5,6)28-18/h7-8,14-19H,1-2,9-13H2,3-6H3/t14-,15?,16-,17+,18-,19-/m1/s1. The highest BCUT2D eigenvalue weighted by molar-refractivity contribution is 7.54. The molecule has 2 fully saturated rings. The Balaban J connectivity index is 2.22. The largest absolute Gasteiger partial charge is 0.371 e. The van der Waals surface area contributed by atoms with Gasteiger partial charge >= 0.3 is 7.60 Å². The quantitative estimate of drug-likeness (QED) is 0.289. The average Bonchev–Trinajstić information content (AvgIpc) is 3.15. The minimum Gasteiger partial charge on any atom is -0.371 e. The van der Waals surface area contributed by atoms with E-state index >= 15 is 4.39 Å². The fourth-order valence-electron chi connectivity index (χ4n) is 3.54. The second kappa shape index (κ2) is 11.3. The molecule has 0 aromatic carbocycles. The minimum absolute atomic E-state index is 0.0573.